The number of hydrogen-bond acceptors (Lipinski definition) is 3. The first kappa shape index (κ1) is 14.6. The molecule has 0 amide bonds. The molecule has 1 unspecified atom stereocenters. The lowest BCUT2D eigenvalue weighted by atomic mass is 10.1. The zero-order valence-electron chi connectivity index (χ0n) is 10.4. The molecule has 0 aliphatic carbocycles. The molecule has 0 bridgehead atoms. The van der Waals surface area contributed by atoms with Gasteiger partial charge in [-0.15, -0.1) is 0 Å². The second-order valence-corrected chi connectivity index (χ2v) is 4.60. The van der Waals surface area contributed by atoms with Gasteiger partial charge < -0.3 is 5.32 Å². The van der Waals surface area contributed by atoms with E-state index in [1.807, 2.05) is 0 Å². The second-order valence-electron chi connectivity index (χ2n) is 4.19. The summed E-state index contributed by atoms with van der Waals surface area (Å²) in [5.41, 5.74) is 0.0661. The van der Waals surface area contributed by atoms with Crippen molar-refractivity contribution in [3.05, 3.63) is 53.1 Å². The van der Waals surface area contributed by atoms with Crippen LogP contribution in [0.1, 0.15) is 24.2 Å². The van der Waals surface area contributed by atoms with Crippen molar-refractivity contribution in [3.63, 3.8) is 0 Å². The summed E-state index contributed by atoms with van der Waals surface area (Å²) in [7, 11) is 0. The molecule has 0 saturated heterocycles. The van der Waals surface area contributed by atoms with Gasteiger partial charge in [0.15, 0.2) is 0 Å². The van der Waals surface area contributed by atoms with Crippen molar-refractivity contribution in [2.75, 3.05) is 5.32 Å². The van der Waals surface area contributed by atoms with Crippen LogP contribution in [-0.4, -0.2) is 9.97 Å². The van der Waals surface area contributed by atoms with Gasteiger partial charge in [-0.05, 0) is 25.1 Å². The molecule has 0 aliphatic heterocycles. The molecular weight excluding hydrogens is 291 g/mol. The van der Waals surface area contributed by atoms with Gasteiger partial charge in [0.1, 0.15) is 0 Å². The third-order valence-corrected chi connectivity index (χ3v) is 3.02. The molecule has 7 heteroatoms. The zero-order valence-corrected chi connectivity index (χ0v) is 11.2. The van der Waals surface area contributed by atoms with Gasteiger partial charge in [0, 0.05) is 12.4 Å². The van der Waals surface area contributed by atoms with Crippen molar-refractivity contribution >= 4 is 17.3 Å². The van der Waals surface area contributed by atoms with Crippen LogP contribution >= 0.6 is 11.6 Å². The van der Waals surface area contributed by atoms with E-state index in [9.17, 15) is 13.2 Å². The lowest BCUT2D eigenvalue weighted by molar-refractivity contribution is -0.137. The molecule has 0 fully saturated rings. The van der Waals surface area contributed by atoms with Crippen LogP contribution in [0.2, 0.25) is 5.02 Å². The first-order valence-electron chi connectivity index (χ1n) is 5.77. The van der Waals surface area contributed by atoms with Gasteiger partial charge in [0.2, 0.25) is 0 Å². The minimum absolute atomic E-state index is 0.208. The number of alkyl halides is 3. The monoisotopic (exact) mass is 301 g/mol. The summed E-state index contributed by atoms with van der Waals surface area (Å²) in [5, 5.41) is 3.12. The number of aromatic nitrogens is 2. The highest BCUT2D eigenvalue weighted by molar-refractivity contribution is 6.33. The van der Waals surface area contributed by atoms with E-state index < -0.39 is 11.7 Å². The third kappa shape index (κ3) is 3.39. The van der Waals surface area contributed by atoms with Crippen molar-refractivity contribution in [2.24, 2.45) is 0 Å². The largest absolute Gasteiger partial charge is 0.416 e. The molecule has 0 saturated carbocycles. The average molecular weight is 302 g/mol. The normalized spacial score (nSPS) is 13.1. The number of halogens is 4. The smallest absolute Gasteiger partial charge is 0.376 e. The molecule has 106 valence electrons. The van der Waals surface area contributed by atoms with Crippen molar-refractivity contribution in [2.45, 2.75) is 19.1 Å². The fourth-order valence-corrected chi connectivity index (χ4v) is 1.83. The molecular formula is C13H11ClF3N3. The summed E-state index contributed by atoms with van der Waals surface area (Å²) in [6, 6.07) is 2.83. The topological polar surface area (TPSA) is 37.8 Å². The number of benzene rings is 1. The number of anilines is 1. The highest BCUT2D eigenvalue weighted by Crippen LogP contribution is 2.34. The van der Waals surface area contributed by atoms with E-state index >= 15 is 0 Å². The molecule has 1 heterocycles. The Morgan fingerprint density at radius 3 is 2.60 bits per heavy atom. The van der Waals surface area contributed by atoms with Crippen molar-refractivity contribution in [1.82, 2.24) is 9.97 Å². The summed E-state index contributed by atoms with van der Waals surface area (Å²) in [6.45, 7) is 1.76. The summed E-state index contributed by atoms with van der Waals surface area (Å²) in [6.07, 6.45) is 0.171. The Hall–Kier alpha value is -1.82. The van der Waals surface area contributed by atoms with Crippen LogP contribution in [0.4, 0.5) is 18.9 Å². The SMILES string of the molecule is CC(Nc1cc(C(F)(F)F)ccc1Cl)c1cnccn1. The lowest BCUT2D eigenvalue weighted by Gasteiger charge is -2.17. The maximum atomic E-state index is 12.7. The van der Waals surface area contributed by atoms with Crippen LogP contribution in [-0.2, 0) is 6.18 Å². The minimum Gasteiger partial charge on any atom is -0.376 e. The predicted octanol–water partition coefficient (Wildman–Crippen LogP) is 4.32. The first-order valence-corrected chi connectivity index (χ1v) is 6.15. The van der Waals surface area contributed by atoms with Crippen molar-refractivity contribution in [3.8, 4) is 0 Å². The molecule has 2 rings (SSSR count). The summed E-state index contributed by atoms with van der Waals surface area (Å²) in [5.74, 6) is 0. The van der Waals surface area contributed by atoms with Crippen LogP contribution in [0.5, 0.6) is 0 Å². The Bertz CT molecular complexity index is 587. The highest BCUT2D eigenvalue weighted by Gasteiger charge is 2.31. The zero-order chi connectivity index (χ0) is 14.8. The molecule has 1 N–H and O–H groups in total. The standard InChI is InChI=1S/C13H11ClF3N3/c1-8(12-7-18-4-5-19-12)20-11-6-9(13(15,16)17)2-3-10(11)14/h2-8,20H,1H3. The molecule has 0 aliphatic rings. The molecule has 3 nitrogen and oxygen atoms in total. The average Bonchev–Trinajstić information content (AvgIpc) is 2.41. The van der Waals surface area contributed by atoms with Crippen LogP contribution < -0.4 is 5.32 Å². The lowest BCUT2D eigenvalue weighted by Crippen LogP contribution is -2.11. The van der Waals surface area contributed by atoms with Crippen molar-refractivity contribution < 1.29 is 13.2 Å². The Morgan fingerprint density at radius 1 is 1.25 bits per heavy atom. The van der Waals surface area contributed by atoms with Gasteiger partial charge in [-0.3, -0.25) is 9.97 Å². The van der Waals surface area contributed by atoms with Crippen LogP contribution in [0, 0.1) is 0 Å². The molecule has 20 heavy (non-hydrogen) atoms. The van der Waals surface area contributed by atoms with Crippen molar-refractivity contribution in [1.29, 1.82) is 0 Å². The Labute approximate surface area is 118 Å². The molecule has 1 aromatic heterocycles. The quantitative estimate of drug-likeness (QED) is 0.917. The van der Waals surface area contributed by atoms with E-state index in [2.05, 4.69) is 15.3 Å². The van der Waals surface area contributed by atoms with Gasteiger partial charge in [-0.25, -0.2) is 0 Å². The number of nitrogens with zero attached hydrogens (tertiary/aromatic N) is 2. The maximum absolute atomic E-state index is 12.7. The summed E-state index contributed by atoms with van der Waals surface area (Å²) >= 11 is 5.91. The molecule has 2 aromatic rings. The third-order valence-electron chi connectivity index (χ3n) is 2.69. The maximum Gasteiger partial charge on any atom is 0.416 e. The Morgan fingerprint density at radius 2 is 2.00 bits per heavy atom. The van der Waals surface area contributed by atoms with E-state index in [1.54, 1.807) is 13.1 Å². The van der Waals surface area contributed by atoms with E-state index in [4.69, 9.17) is 11.6 Å². The highest BCUT2D eigenvalue weighted by atomic mass is 35.5. The fourth-order valence-electron chi connectivity index (χ4n) is 1.65. The van der Waals surface area contributed by atoms with E-state index in [1.165, 1.54) is 18.5 Å². The molecule has 0 spiro atoms. The Balaban J connectivity index is 2.25. The van der Waals surface area contributed by atoms with Crippen LogP contribution in [0.25, 0.3) is 0 Å². The van der Waals surface area contributed by atoms with Crippen LogP contribution in [0.15, 0.2) is 36.8 Å². The van der Waals surface area contributed by atoms with Gasteiger partial charge >= 0.3 is 6.18 Å². The molecule has 1 atom stereocenters. The Kier molecular flexibility index (Phi) is 4.13. The van der Waals surface area contributed by atoms with Gasteiger partial charge in [0.25, 0.3) is 0 Å². The van der Waals surface area contributed by atoms with E-state index in [0.717, 1.165) is 12.1 Å². The minimum atomic E-state index is -4.41. The fraction of sp³-hybridized carbons (Fsp3) is 0.231. The van der Waals surface area contributed by atoms with Gasteiger partial charge in [-0.1, -0.05) is 11.6 Å². The number of nitrogens with one attached hydrogen (secondary N) is 1. The summed E-state index contributed by atoms with van der Waals surface area (Å²) in [4.78, 5) is 8.00. The van der Waals surface area contributed by atoms with Crippen LogP contribution in [0.3, 0.4) is 0 Å². The molecule has 0 radical (unpaired) electrons. The summed E-state index contributed by atoms with van der Waals surface area (Å²) < 4.78 is 38.0. The van der Waals surface area contributed by atoms with E-state index in [0.29, 0.717) is 5.69 Å². The second kappa shape index (κ2) is 5.66. The number of hydrogen-bond donors (Lipinski definition) is 1. The van der Waals surface area contributed by atoms with E-state index in [-0.39, 0.29) is 16.8 Å². The van der Waals surface area contributed by atoms with Gasteiger partial charge in [-0.2, -0.15) is 13.2 Å². The predicted molar refractivity (Wildman–Crippen MR) is 70.5 cm³/mol. The first-order chi connectivity index (χ1) is 9.38. The number of rotatable bonds is 3. The van der Waals surface area contributed by atoms with Gasteiger partial charge in [0.05, 0.1) is 34.2 Å². The molecule has 1 aromatic carbocycles.